The van der Waals surface area contributed by atoms with E-state index in [9.17, 15) is 0 Å². The van der Waals surface area contributed by atoms with Crippen molar-refractivity contribution in [1.82, 2.24) is 4.98 Å². The third kappa shape index (κ3) is 5.94. The molecule has 5 heteroatoms. The minimum atomic E-state index is 0.580. The summed E-state index contributed by atoms with van der Waals surface area (Å²) in [6.45, 7) is 3.73. The average Bonchev–Trinajstić information content (AvgIpc) is 2.91. The zero-order valence-electron chi connectivity index (χ0n) is 12.3. The predicted molar refractivity (Wildman–Crippen MR) is 90.5 cm³/mol. The number of unbranched alkanes of at least 4 members (excludes halogenated alkanes) is 3. The van der Waals surface area contributed by atoms with Crippen LogP contribution in [0, 0.1) is 0 Å². The maximum atomic E-state index is 5.82. The number of anilines is 1. The van der Waals surface area contributed by atoms with E-state index in [-0.39, 0.29) is 0 Å². The molecule has 0 atom stereocenters. The minimum Gasteiger partial charge on any atom is -0.494 e. The van der Waals surface area contributed by atoms with E-state index in [0.29, 0.717) is 4.47 Å². The van der Waals surface area contributed by atoms with Gasteiger partial charge in [-0.05, 0) is 18.6 Å². The van der Waals surface area contributed by atoms with Gasteiger partial charge in [0.15, 0.2) is 4.47 Å². The SMILES string of the molecule is CCCCCCOc1cccc(NCc2cnc(Cl)s2)c1. The summed E-state index contributed by atoms with van der Waals surface area (Å²) in [4.78, 5) is 5.15. The maximum absolute atomic E-state index is 5.82. The predicted octanol–water partition coefficient (Wildman–Crippen LogP) is 5.37. The van der Waals surface area contributed by atoms with Crippen molar-refractivity contribution < 1.29 is 4.74 Å². The first-order chi connectivity index (χ1) is 10.3. The van der Waals surface area contributed by atoms with Crippen molar-refractivity contribution in [2.75, 3.05) is 11.9 Å². The van der Waals surface area contributed by atoms with Crippen molar-refractivity contribution in [3.63, 3.8) is 0 Å². The van der Waals surface area contributed by atoms with E-state index in [4.69, 9.17) is 16.3 Å². The molecule has 1 N–H and O–H groups in total. The quantitative estimate of drug-likeness (QED) is 0.630. The molecule has 0 aliphatic carbocycles. The van der Waals surface area contributed by atoms with Crippen molar-refractivity contribution in [3.05, 3.63) is 39.8 Å². The van der Waals surface area contributed by atoms with E-state index < -0.39 is 0 Å². The van der Waals surface area contributed by atoms with Gasteiger partial charge in [0.2, 0.25) is 0 Å². The van der Waals surface area contributed by atoms with Crippen molar-refractivity contribution >= 4 is 28.6 Å². The highest BCUT2D eigenvalue weighted by Gasteiger charge is 2.01. The molecule has 0 unspecified atom stereocenters. The second-order valence-electron chi connectivity index (χ2n) is 4.87. The Hall–Kier alpha value is -1.26. The van der Waals surface area contributed by atoms with Crippen LogP contribution in [0.1, 0.15) is 37.5 Å². The van der Waals surface area contributed by atoms with Gasteiger partial charge in [-0.15, -0.1) is 11.3 Å². The molecule has 0 bridgehead atoms. The molecule has 0 spiro atoms. The van der Waals surface area contributed by atoms with Crippen LogP contribution in [0.2, 0.25) is 4.47 Å². The van der Waals surface area contributed by atoms with Crippen LogP contribution < -0.4 is 10.1 Å². The lowest BCUT2D eigenvalue weighted by atomic mass is 10.2. The molecule has 0 saturated carbocycles. The van der Waals surface area contributed by atoms with Gasteiger partial charge in [0.1, 0.15) is 5.75 Å². The number of hydrogen-bond acceptors (Lipinski definition) is 4. The molecule has 0 aliphatic rings. The van der Waals surface area contributed by atoms with Gasteiger partial charge >= 0.3 is 0 Å². The Kier molecular flexibility index (Phi) is 6.83. The van der Waals surface area contributed by atoms with Crippen LogP contribution in [0.5, 0.6) is 5.75 Å². The van der Waals surface area contributed by atoms with Crippen molar-refractivity contribution in [2.24, 2.45) is 0 Å². The average molecular weight is 325 g/mol. The molecule has 1 aromatic carbocycles. The number of nitrogens with zero attached hydrogens (tertiary/aromatic N) is 1. The lowest BCUT2D eigenvalue weighted by Crippen LogP contribution is -2.00. The summed E-state index contributed by atoms with van der Waals surface area (Å²) < 4.78 is 6.36. The summed E-state index contributed by atoms with van der Waals surface area (Å²) in [5, 5.41) is 3.36. The van der Waals surface area contributed by atoms with E-state index in [0.717, 1.165) is 35.9 Å². The van der Waals surface area contributed by atoms with Crippen molar-refractivity contribution in [1.29, 1.82) is 0 Å². The molecule has 114 valence electrons. The standard InChI is InChI=1S/C16H21ClN2OS/c1-2-3-4-5-9-20-14-8-6-7-13(10-14)18-11-15-12-19-16(17)21-15/h6-8,10,12,18H,2-5,9,11H2,1H3. The Morgan fingerprint density at radius 2 is 2.19 bits per heavy atom. The Morgan fingerprint density at radius 3 is 2.95 bits per heavy atom. The van der Waals surface area contributed by atoms with Gasteiger partial charge in [0, 0.05) is 22.8 Å². The Bertz CT molecular complexity index is 545. The second-order valence-corrected chi connectivity index (χ2v) is 6.57. The fraction of sp³-hybridized carbons (Fsp3) is 0.438. The first kappa shape index (κ1) is 16.1. The lowest BCUT2D eigenvalue weighted by Gasteiger charge is -2.09. The Labute approximate surface area is 135 Å². The van der Waals surface area contributed by atoms with Gasteiger partial charge in [-0.2, -0.15) is 0 Å². The summed E-state index contributed by atoms with van der Waals surface area (Å²) >= 11 is 7.31. The first-order valence-electron chi connectivity index (χ1n) is 7.35. The molecule has 1 aromatic heterocycles. The molecule has 0 radical (unpaired) electrons. The molecular formula is C16H21ClN2OS. The van der Waals surface area contributed by atoms with Crippen molar-refractivity contribution in [3.8, 4) is 5.75 Å². The number of halogens is 1. The highest BCUT2D eigenvalue weighted by Crippen LogP contribution is 2.21. The van der Waals surface area contributed by atoms with Crippen LogP contribution in [0.15, 0.2) is 30.5 Å². The molecule has 0 saturated heterocycles. The van der Waals surface area contributed by atoms with Gasteiger partial charge in [-0.3, -0.25) is 0 Å². The van der Waals surface area contributed by atoms with E-state index in [1.807, 2.05) is 24.3 Å². The summed E-state index contributed by atoms with van der Waals surface area (Å²) in [7, 11) is 0. The smallest absolute Gasteiger partial charge is 0.183 e. The Balaban J connectivity index is 1.77. The number of thiazole rings is 1. The van der Waals surface area contributed by atoms with Gasteiger partial charge < -0.3 is 10.1 Å². The zero-order valence-corrected chi connectivity index (χ0v) is 13.8. The van der Waals surface area contributed by atoms with Crippen LogP contribution >= 0.6 is 22.9 Å². The second kappa shape index (κ2) is 8.90. The molecule has 0 aliphatic heterocycles. The van der Waals surface area contributed by atoms with Crippen LogP contribution in [-0.4, -0.2) is 11.6 Å². The van der Waals surface area contributed by atoms with E-state index >= 15 is 0 Å². The minimum absolute atomic E-state index is 0.580. The van der Waals surface area contributed by atoms with Gasteiger partial charge in [-0.1, -0.05) is 43.9 Å². The van der Waals surface area contributed by atoms with Gasteiger partial charge in [0.05, 0.1) is 13.2 Å². The third-order valence-corrected chi connectivity index (χ3v) is 4.21. The van der Waals surface area contributed by atoms with Gasteiger partial charge in [0.25, 0.3) is 0 Å². The molecular weight excluding hydrogens is 304 g/mol. The summed E-state index contributed by atoms with van der Waals surface area (Å²) in [5.74, 6) is 0.916. The molecule has 1 heterocycles. The lowest BCUT2D eigenvalue weighted by molar-refractivity contribution is 0.305. The first-order valence-corrected chi connectivity index (χ1v) is 8.54. The van der Waals surface area contributed by atoms with Crippen LogP contribution in [0.25, 0.3) is 0 Å². The van der Waals surface area contributed by atoms with Crippen LogP contribution in [0.4, 0.5) is 5.69 Å². The molecule has 0 amide bonds. The third-order valence-electron chi connectivity index (χ3n) is 3.09. The summed E-state index contributed by atoms with van der Waals surface area (Å²) in [6.07, 6.45) is 6.68. The monoisotopic (exact) mass is 324 g/mol. The number of rotatable bonds is 9. The molecule has 2 aromatic rings. The zero-order chi connectivity index (χ0) is 14.9. The highest BCUT2D eigenvalue weighted by atomic mass is 35.5. The van der Waals surface area contributed by atoms with E-state index in [1.165, 1.54) is 30.6 Å². The number of hydrogen-bond donors (Lipinski definition) is 1. The van der Waals surface area contributed by atoms with E-state index in [2.05, 4.69) is 17.2 Å². The maximum Gasteiger partial charge on any atom is 0.183 e. The summed E-state index contributed by atoms with van der Waals surface area (Å²) in [6, 6.07) is 8.06. The van der Waals surface area contributed by atoms with Crippen molar-refractivity contribution in [2.45, 2.75) is 39.2 Å². The van der Waals surface area contributed by atoms with E-state index in [1.54, 1.807) is 6.20 Å². The number of nitrogens with one attached hydrogen (secondary N) is 1. The van der Waals surface area contributed by atoms with Crippen LogP contribution in [0.3, 0.4) is 0 Å². The highest BCUT2D eigenvalue weighted by molar-refractivity contribution is 7.15. The summed E-state index contributed by atoms with van der Waals surface area (Å²) in [5.41, 5.74) is 1.05. The Morgan fingerprint density at radius 1 is 1.29 bits per heavy atom. The topological polar surface area (TPSA) is 34.1 Å². The largest absolute Gasteiger partial charge is 0.494 e. The number of benzene rings is 1. The van der Waals surface area contributed by atoms with Crippen LogP contribution in [-0.2, 0) is 6.54 Å². The number of ether oxygens (including phenoxy) is 1. The molecule has 21 heavy (non-hydrogen) atoms. The molecule has 2 rings (SSSR count). The van der Waals surface area contributed by atoms with Gasteiger partial charge in [-0.25, -0.2) is 4.98 Å². The molecule has 3 nitrogen and oxygen atoms in total. The fourth-order valence-corrected chi connectivity index (χ4v) is 2.89. The molecule has 0 fully saturated rings. The fourth-order valence-electron chi connectivity index (χ4n) is 1.97. The normalized spacial score (nSPS) is 10.6. The number of aromatic nitrogens is 1.